The van der Waals surface area contributed by atoms with Gasteiger partial charge in [0.2, 0.25) is 0 Å². The van der Waals surface area contributed by atoms with E-state index in [1.165, 1.54) is 70.6 Å². The molecule has 0 saturated carbocycles. The molecule has 0 aromatic rings. The van der Waals surface area contributed by atoms with Crippen molar-refractivity contribution in [1.29, 1.82) is 0 Å². The summed E-state index contributed by atoms with van der Waals surface area (Å²) in [6.07, 6.45) is 55.0. The van der Waals surface area contributed by atoms with E-state index in [1.54, 1.807) is 0 Å². The van der Waals surface area contributed by atoms with E-state index >= 15 is 0 Å². The number of esters is 2. The van der Waals surface area contributed by atoms with Crippen molar-refractivity contribution in [3.8, 4) is 0 Å². The van der Waals surface area contributed by atoms with Gasteiger partial charge in [0.25, 0.3) is 0 Å². The summed E-state index contributed by atoms with van der Waals surface area (Å²) < 4.78 is 10.6. The molecule has 284 valence electrons. The second-order valence-electron chi connectivity index (χ2n) is 13.0. The van der Waals surface area contributed by atoms with E-state index in [-0.39, 0.29) is 31.6 Å². The van der Waals surface area contributed by atoms with Crippen molar-refractivity contribution in [3.63, 3.8) is 0 Å². The first-order valence-electron chi connectivity index (χ1n) is 20.1. The summed E-state index contributed by atoms with van der Waals surface area (Å²) in [4.78, 5) is 24.3. The molecular weight excluding hydrogens is 620 g/mol. The van der Waals surface area contributed by atoms with Crippen LogP contribution in [0.3, 0.4) is 0 Å². The van der Waals surface area contributed by atoms with Gasteiger partial charge in [-0.2, -0.15) is 0 Å². The van der Waals surface area contributed by atoms with Crippen molar-refractivity contribution in [3.05, 3.63) is 85.1 Å². The van der Waals surface area contributed by atoms with E-state index in [4.69, 9.17) is 9.47 Å². The molecule has 0 amide bonds. The van der Waals surface area contributed by atoms with Crippen LogP contribution in [-0.2, 0) is 19.1 Å². The fourth-order valence-electron chi connectivity index (χ4n) is 5.15. The molecule has 0 aliphatic carbocycles. The number of allylic oxidation sites excluding steroid dienone is 14. The monoisotopic (exact) mass is 695 g/mol. The zero-order chi connectivity index (χ0) is 36.4. The van der Waals surface area contributed by atoms with Crippen molar-refractivity contribution in [2.24, 2.45) is 0 Å². The molecule has 0 radical (unpaired) electrons. The second kappa shape index (κ2) is 40.5. The zero-order valence-electron chi connectivity index (χ0n) is 32.1. The lowest BCUT2D eigenvalue weighted by atomic mass is 10.1. The maximum atomic E-state index is 12.2. The Hall–Kier alpha value is -2.92. The SMILES string of the molecule is CC/C=C\C/C=C\C/C=C\C/C=C\C/C=C\CCCC(=O)O[C@@H](CO)COC(=O)CCCCCCCCCCC/C=C\C/C=C\CCCCC. The molecule has 5 heteroatoms. The van der Waals surface area contributed by atoms with Crippen LogP contribution in [0.2, 0.25) is 0 Å². The Labute approximate surface area is 307 Å². The van der Waals surface area contributed by atoms with Crippen LogP contribution < -0.4 is 0 Å². The fraction of sp³-hybridized carbons (Fsp3) is 0.644. The normalized spacial score (nSPS) is 13.1. The molecule has 0 spiro atoms. The van der Waals surface area contributed by atoms with Gasteiger partial charge in [0.15, 0.2) is 6.10 Å². The maximum absolute atomic E-state index is 12.2. The summed E-state index contributed by atoms with van der Waals surface area (Å²) >= 11 is 0. The van der Waals surface area contributed by atoms with Crippen molar-refractivity contribution >= 4 is 11.9 Å². The topological polar surface area (TPSA) is 72.8 Å². The van der Waals surface area contributed by atoms with Crippen LogP contribution in [0, 0.1) is 0 Å². The molecule has 5 nitrogen and oxygen atoms in total. The van der Waals surface area contributed by atoms with Crippen molar-refractivity contribution in [1.82, 2.24) is 0 Å². The lowest BCUT2D eigenvalue weighted by Crippen LogP contribution is -2.28. The third kappa shape index (κ3) is 37.9. The molecule has 0 heterocycles. The Morgan fingerprint density at radius 2 is 0.880 bits per heavy atom. The van der Waals surface area contributed by atoms with Gasteiger partial charge < -0.3 is 14.6 Å². The quantitative estimate of drug-likeness (QED) is 0.0406. The Kier molecular flexibility index (Phi) is 38.1. The molecule has 0 rings (SSSR count). The van der Waals surface area contributed by atoms with Crippen molar-refractivity contribution in [2.45, 2.75) is 174 Å². The van der Waals surface area contributed by atoms with Gasteiger partial charge in [-0.05, 0) is 83.5 Å². The molecule has 0 aromatic carbocycles. The molecule has 0 aromatic heterocycles. The highest BCUT2D eigenvalue weighted by Crippen LogP contribution is 2.12. The van der Waals surface area contributed by atoms with Crippen molar-refractivity contribution < 1.29 is 24.2 Å². The summed E-state index contributed by atoms with van der Waals surface area (Å²) in [7, 11) is 0. The molecule has 1 atom stereocenters. The number of carbonyl (C=O) groups excluding carboxylic acids is 2. The highest BCUT2D eigenvalue weighted by Gasteiger charge is 2.15. The number of hydrogen-bond donors (Lipinski definition) is 1. The van der Waals surface area contributed by atoms with Crippen LogP contribution in [0.1, 0.15) is 168 Å². The molecular formula is C45H74O5. The molecule has 0 saturated heterocycles. The van der Waals surface area contributed by atoms with Gasteiger partial charge in [0.1, 0.15) is 6.61 Å². The van der Waals surface area contributed by atoms with E-state index in [9.17, 15) is 14.7 Å². The standard InChI is InChI=1S/C45H74O5/c1-3-5-7-9-11-13-15-17-19-21-22-24-25-27-29-31-33-35-37-39-44(47)49-42-43(41-46)50-45(48)40-38-36-34-32-30-28-26-23-20-18-16-14-12-10-8-6-4-2/h6,8,11-14,17-20,26,28,32,34,43,46H,3-5,7,9-10,15-16,21-25,27,29-31,33,35-42H2,1-2H3/b8-6-,13-11-,14-12-,19-17-,20-18-,28-26-,34-32-/t43-/m0/s1. The number of rotatable bonds is 35. The highest BCUT2D eigenvalue weighted by atomic mass is 16.6. The summed E-state index contributed by atoms with van der Waals surface area (Å²) in [6.45, 7) is 3.93. The first kappa shape index (κ1) is 47.1. The summed E-state index contributed by atoms with van der Waals surface area (Å²) in [5.41, 5.74) is 0. The Morgan fingerprint density at radius 3 is 1.36 bits per heavy atom. The molecule has 0 fully saturated rings. The van der Waals surface area contributed by atoms with Gasteiger partial charge >= 0.3 is 11.9 Å². The van der Waals surface area contributed by atoms with Crippen LogP contribution in [-0.4, -0.2) is 36.4 Å². The minimum Gasteiger partial charge on any atom is -0.462 e. The summed E-state index contributed by atoms with van der Waals surface area (Å²) in [5, 5.41) is 9.55. The second-order valence-corrected chi connectivity index (χ2v) is 13.0. The van der Waals surface area contributed by atoms with Gasteiger partial charge in [-0.25, -0.2) is 0 Å². The van der Waals surface area contributed by atoms with Gasteiger partial charge in [-0.3, -0.25) is 9.59 Å². The summed E-state index contributed by atoms with van der Waals surface area (Å²) in [6, 6.07) is 0. The molecule has 0 unspecified atom stereocenters. The van der Waals surface area contributed by atoms with Gasteiger partial charge in [0, 0.05) is 12.8 Å². The van der Waals surface area contributed by atoms with Gasteiger partial charge in [-0.15, -0.1) is 0 Å². The Bertz CT molecular complexity index is 968. The molecule has 50 heavy (non-hydrogen) atoms. The molecule has 1 N–H and O–H groups in total. The van der Waals surface area contributed by atoms with Crippen LogP contribution in [0.15, 0.2) is 85.1 Å². The highest BCUT2D eigenvalue weighted by molar-refractivity contribution is 5.70. The van der Waals surface area contributed by atoms with Gasteiger partial charge in [0.05, 0.1) is 6.61 Å². The number of carbonyl (C=O) groups is 2. The van der Waals surface area contributed by atoms with E-state index in [0.29, 0.717) is 12.8 Å². The minimum absolute atomic E-state index is 0.0954. The first-order chi connectivity index (χ1) is 24.6. The number of aliphatic hydroxyl groups excluding tert-OH is 1. The van der Waals surface area contributed by atoms with E-state index in [1.807, 2.05) is 0 Å². The van der Waals surface area contributed by atoms with Crippen LogP contribution in [0.25, 0.3) is 0 Å². The largest absolute Gasteiger partial charge is 0.462 e. The van der Waals surface area contributed by atoms with Crippen molar-refractivity contribution in [2.75, 3.05) is 13.2 Å². The van der Waals surface area contributed by atoms with Gasteiger partial charge in [-0.1, -0.05) is 157 Å². The number of unbranched alkanes of at least 4 members (excludes halogenated alkanes) is 13. The van der Waals surface area contributed by atoms with Crippen LogP contribution in [0.4, 0.5) is 0 Å². The van der Waals surface area contributed by atoms with E-state index < -0.39 is 6.10 Å². The molecule has 0 bridgehead atoms. The minimum atomic E-state index is -0.807. The lowest BCUT2D eigenvalue weighted by Gasteiger charge is -2.15. The number of aliphatic hydroxyl groups is 1. The zero-order valence-corrected chi connectivity index (χ0v) is 32.1. The molecule has 0 aliphatic heterocycles. The number of hydrogen-bond acceptors (Lipinski definition) is 5. The average molecular weight is 695 g/mol. The Morgan fingerprint density at radius 1 is 0.480 bits per heavy atom. The average Bonchev–Trinajstić information content (AvgIpc) is 3.12. The van der Waals surface area contributed by atoms with Crippen LogP contribution in [0.5, 0.6) is 0 Å². The van der Waals surface area contributed by atoms with Crippen LogP contribution >= 0.6 is 0 Å². The fourth-order valence-corrected chi connectivity index (χ4v) is 5.15. The van der Waals surface area contributed by atoms with E-state index in [2.05, 4.69) is 98.9 Å². The predicted octanol–water partition coefficient (Wildman–Crippen LogP) is 12.7. The summed E-state index contributed by atoms with van der Waals surface area (Å²) in [5.74, 6) is -0.671. The third-order valence-corrected chi connectivity index (χ3v) is 8.17. The first-order valence-corrected chi connectivity index (χ1v) is 20.1. The smallest absolute Gasteiger partial charge is 0.306 e. The van der Waals surface area contributed by atoms with E-state index in [0.717, 1.165) is 64.2 Å². The third-order valence-electron chi connectivity index (χ3n) is 8.17. The number of ether oxygens (including phenoxy) is 2. The predicted molar refractivity (Wildman–Crippen MR) is 214 cm³/mol. The lowest BCUT2D eigenvalue weighted by molar-refractivity contribution is -0.161. The maximum Gasteiger partial charge on any atom is 0.306 e. The molecule has 0 aliphatic rings. The Balaban J connectivity index is 3.67.